The molecular weight excluding hydrogens is 426 g/mol. The van der Waals surface area contributed by atoms with Crippen molar-refractivity contribution >= 4 is 29.2 Å². The number of carbonyl (C=O) groups excluding carboxylic acids is 3. The van der Waals surface area contributed by atoms with Crippen molar-refractivity contribution in [1.82, 2.24) is 15.2 Å². The van der Waals surface area contributed by atoms with Crippen LogP contribution in [0.25, 0.3) is 0 Å². The number of benzene rings is 1. The Balaban J connectivity index is 1.38. The second-order valence-electron chi connectivity index (χ2n) is 8.92. The number of Topliss-reactive ketones (excluding diaryl/α,β-unsaturated/α-hetero) is 1. The van der Waals surface area contributed by atoms with Crippen molar-refractivity contribution in [2.45, 2.75) is 50.5 Å². The third-order valence-electron chi connectivity index (χ3n) is 6.60. The highest BCUT2D eigenvalue weighted by molar-refractivity contribution is 6.30. The molecule has 3 heterocycles. The maximum absolute atomic E-state index is 13.1. The Morgan fingerprint density at radius 3 is 2.72 bits per heavy atom. The van der Waals surface area contributed by atoms with E-state index in [1.165, 1.54) is 0 Å². The molecule has 7 heteroatoms. The minimum atomic E-state index is -0.415. The van der Waals surface area contributed by atoms with E-state index >= 15 is 0 Å². The van der Waals surface area contributed by atoms with Crippen molar-refractivity contribution < 1.29 is 14.4 Å². The number of aromatic nitrogens is 1. The minimum Gasteiger partial charge on any atom is -0.350 e. The number of piperidine rings is 1. The highest BCUT2D eigenvalue weighted by atomic mass is 35.5. The monoisotopic (exact) mass is 453 g/mol. The van der Waals surface area contributed by atoms with Crippen molar-refractivity contribution in [2.24, 2.45) is 5.92 Å². The SMILES string of the molecule is O=C1CCC(CCC(=O)N2CCCC(C(=O)c3cccnc3)C2)(Cc2ccc(Cl)cc2)N1. The van der Waals surface area contributed by atoms with Gasteiger partial charge in [-0.15, -0.1) is 0 Å². The van der Waals surface area contributed by atoms with E-state index in [2.05, 4.69) is 10.3 Å². The van der Waals surface area contributed by atoms with E-state index in [0.717, 1.165) is 18.4 Å². The summed E-state index contributed by atoms with van der Waals surface area (Å²) in [6.07, 6.45) is 7.63. The highest BCUT2D eigenvalue weighted by Gasteiger charge is 2.38. The molecule has 1 aromatic heterocycles. The number of pyridine rings is 1. The second-order valence-corrected chi connectivity index (χ2v) is 9.35. The molecule has 1 aromatic carbocycles. The predicted octanol–water partition coefficient (Wildman–Crippen LogP) is 3.83. The lowest BCUT2D eigenvalue weighted by molar-refractivity contribution is -0.133. The summed E-state index contributed by atoms with van der Waals surface area (Å²) < 4.78 is 0. The smallest absolute Gasteiger partial charge is 0.222 e. The van der Waals surface area contributed by atoms with Crippen molar-refractivity contribution in [3.63, 3.8) is 0 Å². The molecule has 1 N–H and O–H groups in total. The summed E-state index contributed by atoms with van der Waals surface area (Å²) in [6, 6.07) is 11.2. The molecule has 0 radical (unpaired) electrons. The molecule has 2 aliphatic rings. The van der Waals surface area contributed by atoms with Gasteiger partial charge < -0.3 is 10.2 Å². The van der Waals surface area contributed by atoms with Gasteiger partial charge in [0.1, 0.15) is 0 Å². The van der Waals surface area contributed by atoms with Crippen LogP contribution in [0.1, 0.15) is 54.4 Å². The van der Waals surface area contributed by atoms with Gasteiger partial charge in [-0.05, 0) is 61.9 Å². The predicted molar refractivity (Wildman–Crippen MR) is 122 cm³/mol. The number of ketones is 1. The second kappa shape index (κ2) is 9.82. The molecule has 2 amide bonds. The largest absolute Gasteiger partial charge is 0.350 e. The molecule has 6 nitrogen and oxygen atoms in total. The number of likely N-dealkylation sites (tertiary alicyclic amines) is 1. The van der Waals surface area contributed by atoms with Gasteiger partial charge in [-0.2, -0.15) is 0 Å². The van der Waals surface area contributed by atoms with Gasteiger partial charge in [0.15, 0.2) is 5.78 Å². The molecule has 2 unspecified atom stereocenters. The fourth-order valence-corrected chi connectivity index (χ4v) is 4.97. The quantitative estimate of drug-likeness (QED) is 0.646. The average molecular weight is 454 g/mol. The van der Waals surface area contributed by atoms with Crippen LogP contribution >= 0.6 is 11.6 Å². The van der Waals surface area contributed by atoms with Crippen LogP contribution in [0.5, 0.6) is 0 Å². The summed E-state index contributed by atoms with van der Waals surface area (Å²) >= 11 is 6.00. The third kappa shape index (κ3) is 5.36. The van der Waals surface area contributed by atoms with Gasteiger partial charge in [0, 0.05) is 60.4 Å². The van der Waals surface area contributed by atoms with Gasteiger partial charge in [0.2, 0.25) is 11.8 Å². The maximum Gasteiger partial charge on any atom is 0.222 e. The molecule has 2 aliphatic heterocycles. The van der Waals surface area contributed by atoms with E-state index in [9.17, 15) is 14.4 Å². The summed E-state index contributed by atoms with van der Waals surface area (Å²) in [5.74, 6) is -0.0548. The van der Waals surface area contributed by atoms with Crippen LogP contribution in [0.4, 0.5) is 0 Å². The molecule has 4 rings (SSSR count). The van der Waals surface area contributed by atoms with Crippen molar-refractivity contribution in [1.29, 1.82) is 0 Å². The summed E-state index contributed by atoms with van der Waals surface area (Å²) in [5.41, 5.74) is 1.27. The maximum atomic E-state index is 13.1. The number of carbonyl (C=O) groups is 3. The third-order valence-corrected chi connectivity index (χ3v) is 6.85. The Morgan fingerprint density at radius 2 is 2.03 bits per heavy atom. The lowest BCUT2D eigenvalue weighted by Crippen LogP contribution is -2.46. The number of nitrogens with zero attached hydrogens (tertiary/aromatic N) is 2. The number of amides is 2. The first-order valence-corrected chi connectivity index (χ1v) is 11.6. The number of hydrogen-bond acceptors (Lipinski definition) is 4. The molecular formula is C25H28ClN3O3. The standard InChI is InChI=1S/C25H28ClN3O3/c26-21-7-5-18(6-8-21)15-25(11-9-22(30)28-25)12-10-23(31)29-14-2-4-20(17-29)24(32)19-3-1-13-27-16-19/h1,3,5-8,13,16,20H,2,4,9-12,14-15,17H2,(H,28,30). The van der Waals surface area contributed by atoms with Crippen molar-refractivity contribution in [3.05, 3.63) is 64.9 Å². The van der Waals surface area contributed by atoms with Gasteiger partial charge in [0.05, 0.1) is 0 Å². The molecule has 32 heavy (non-hydrogen) atoms. The van der Waals surface area contributed by atoms with Gasteiger partial charge in [0.25, 0.3) is 0 Å². The lowest BCUT2D eigenvalue weighted by Gasteiger charge is -2.34. The van der Waals surface area contributed by atoms with E-state index in [-0.39, 0.29) is 23.5 Å². The Hall–Kier alpha value is -2.73. The molecule has 2 saturated heterocycles. The molecule has 2 atom stereocenters. The normalized spacial score (nSPS) is 23.1. The molecule has 168 valence electrons. The fourth-order valence-electron chi connectivity index (χ4n) is 4.84. The van der Waals surface area contributed by atoms with E-state index < -0.39 is 5.54 Å². The highest BCUT2D eigenvalue weighted by Crippen LogP contribution is 2.31. The molecule has 2 aromatic rings. The van der Waals surface area contributed by atoms with Gasteiger partial charge in [-0.25, -0.2) is 0 Å². The Labute approximate surface area is 193 Å². The van der Waals surface area contributed by atoms with E-state index in [4.69, 9.17) is 11.6 Å². The van der Waals surface area contributed by atoms with E-state index in [1.54, 1.807) is 24.5 Å². The van der Waals surface area contributed by atoms with Crippen LogP contribution in [0.15, 0.2) is 48.8 Å². The fraction of sp³-hybridized carbons (Fsp3) is 0.440. The zero-order valence-electron chi connectivity index (χ0n) is 18.1. The molecule has 0 saturated carbocycles. The number of halogens is 1. The van der Waals surface area contributed by atoms with Gasteiger partial charge in [-0.3, -0.25) is 19.4 Å². The first kappa shape index (κ1) is 22.5. The van der Waals surface area contributed by atoms with Gasteiger partial charge in [-0.1, -0.05) is 23.7 Å². The van der Waals surface area contributed by atoms with Crippen LogP contribution in [-0.2, 0) is 16.0 Å². The zero-order chi connectivity index (χ0) is 22.6. The number of rotatable bonds is 7. The Kier molecular flexibility index (Phi) is 6.89. The zero-order valence-corrected chi connectivity index (χ0v) is 18.8. The number of nitrogens with one attached hydrogen (secondary N) is 1. The summed E-state index contributed by atoms with van der Waals surface area (Å²) in [6.45, 7) is 1.12. The lowest BCUT2D eigenvalue weighted by atomic mass is 9.84. The van der Waals surface area contributed by atoms with E-state index in [1.807, 2.05) is 29.2 Å². The first-order chi connectivity index (χ1) is 15.4. The van der Waals surface area contributed by atoms with Crippen LogP contribution in [0.2, 0.25) is 5.02 Å². The van der Waals surface area contributed by atoms with Crippen LogP contribution in [0.3, 0.4) is 0 Å². The van der Waals surface area contributed by atoms with Gasteiger partial charge >= 0.3 is 0 Å². The Morgan fingerprint density at radius 1 is 1.22 bits per heavy atom. The van der Waals surface area contributed by atoms with Crippen LogP contribution < -0.4 is 5.32 Å². The Bertz CT molecular complexity index is 980. The molecule has 2 fully saturated rings. The van der Waals surface area contributed by atoms with E-state index in [0.29, 0.717) is 55.8 Å². The molecule has 0 spiro atoms. The number of hydrogen-bond donors (Lipinski definition) is 1. The molecule has 0 aliphatic carbocycles. The summed E-state index contributed by atoms with van der Waals surface area (Å²) in [7, 11) is 0. The van der Waals surface area contributed by atoms with Crippen molar-refractivity contribution in [2.75, 3.05) is 13.1 Å². The average Bonchev–Trinajstić information content (AvgIpc) is 3.19. The summed E-state index contributed by atoms with van der Waals surface area (Å²) in [4.78, 5) is 43.8. The van der Waals surface area contributed by atoms with Crippen LogP contribution in [-0.4, -0.2) is 46.1 Å². The first-order valence-electron chi connectivity index (χ1n) is 11.2. The van der Waals surface area contributed by atoms with Crippen molar-refractivity contribution in [3.8, 4) is 0 Å². The minimum absolute atomic E-state index is 0.0338. The van der Waals surface area contributed by atoms with Crippen LogP contribution in [0, 0.1) is 5.92 Å². The summed E-state index contributed by atoms with van der Waals surface area (Å²) in [5, 5.41) is 3.81. The molecule has 0 bridgehead atoms. The topological polar surface area (TPSA) is 79.4 Å².